The molecule has 16 heavy (non-hydrogen) atoms. The summed E-state index contributed by atoms with van der Waals surface area (Å²) in [6.07, 6.45) is 3.49. The molecule has 88 valence electrons. The third-order valence-electron chi connectivity index (χ3n) is 2.06. The fraction of sp³-hybridized carbons (Fsp3) is 0.455. The molecule has 5 heteroatoms. The molecule has 0 aliphatic carbocycles. The Hall–Kier alpha value is -0.610. The van der Waals surface area contributed by atoms with Crippen LogP contribution in [-0.4, -0.2) is 22.8 Å². The standard InChI is InChI=1S/C11H14BrClN2O/c1-2-4-8(13)7-15-11(16)10-9(12)5-3-6-14-10/h3,5-6,8H,2,4,7H2,1H3,(H,15,16). The van der Waals surface area contributed by atoms with Gasteiger partial charge >= 0.3 is 0 Å². The fourth-order valence-corrected chi connectivity index (χ4v) is 1.99. The van der Waals surface area contributed by atoms with Crippen LogP contribution in [0.1, 0.15) is 30.3 Å². The largest absolute Gasteiger partial charge is 0.349 e. The third-order valence-corrected chi connectivity index (χ3v) is 3.07. The molecule has 0 aromatic carbocycles. The number of amides is 1. The molecule has 0 aliphatic rings. The molecule has 0 saturated carbocycles. The van der Waals surface area contributed by atoms with Crippen molar-refractivity contribution in [2.24, 2.45) is 0 Å². The van der Waals surface area contributed by atoms with E-state index in [2.05, 4.69) is 33.2 Å². The number of nitrogens with one attached hydrogen (secondary N) is 1. The van der Waals surface area contributed by atoms with Gasteiger partial charge in [0, 0.05) is 17.2 Å². The average molecular weight is 306 g/mol. The number of alkyl halides is 1. The SMILES string of the molecule is CCCC(Cl)CNC(=O)c1ncccc1Br. The van der Waals surface area contributed by atoms with Crippen molar-refractivity contribution in [3.05, 3.63) is 28.5 Å². The van der Waals surface area contributed by atoms with Crippen LogP contribution in [0.25, 0.3) is 0 Å². The molecule has 0 fully saturated rings. The Morgan fingerprint density at radius 2 is 2.44 bits per heavy atom. The second-order valence-electron chi connectivity index (χ2n) is 3.43. The molecule has 1 aromatic rings. The maximum Gasteiger partial charge on any atom is 0.271 e. The summed E-state index contributed by atoms with van der Waals surface area (Å²) in [5, 5.41) is 2.74. The molecular weight excluding hydrogens is 291 g/mol. The minimum atomic E-state index is -0.200. The van der Waals surface area contributed by atoms with Gasteiger partial charge in [-0.25, -0.2) is 4.98 Å². The molecule has 0 radical (unpaired) electrons. The third kappa shape index (κ3) is 4.10. The Kier molecular flexibility index (Phi) is 5.77. The van der Waals surface area contributed by atoms with Gasteiger partial charge in [0.15, 0.2) is 0 Å². The number of pyridine rings is 1. The first-order valence-electron chi connectivity index (χ1n) is 5.18. The predicted molar refractivity (Wildman–Crippen MR) is 68.8 cm³/mol. The Morgan fingerprint density at radius 1 is 1.69 bits per heavy atom. The van der Waals surface area contributed by atoms with E-state index >= 15 is 0 Å². The topological polar surface area (TPSA) is 42.0 Å². The first-order valence-corrected chi connectivity index (χ1v) is 6.41. The molecule has 0 bridgehead atoms. The normalized spacial score (nSPS) is 12.2. The maximum atomic E-state index is 11.7. The summed E-state index contributed by atoms with van der Waals surface area (Å²) < 4.78 is 0.689. The van der Waals surface area contributed by atoms with Crippen molar-refractivity contribution in [2.45, 2.75) is 25.1 Å². The van der Waals surface area contributed by atoms with E-state index in [0.29, 0.717) is 16.7 Å². The van der Waals surface area contributed by atoms with Gasteiger partial charge in [-0.3, -0.25) is 4.79 Å². The summed E-state index contributed by atoms with van der Waals surface area (Å²) in [6.45, 7) is 2.53. The van der Waals surface area contributed by atoms with Crippen LogP contribution in [0.15, 0.2) is 22.8 Å². The van der Waals surface area contributed by atoms with Crippen molar-refractivity contribution in [3.63, 3.8) is 0 Å². The van der Waals surface area contributed by atoms with Gasteiger partial charge in [0.1, 0.15) is 5.69 Å². The predicted octanol–water partition coefficient (Wildman–Crippen LogP) is 2.98. The molecule has 1 N–H and O–H groups in total. The van der Waals surface area contributed by atoms with Crippen molar-refractivity contribution < 1.29 is 4.79 Å². The van der Waals surface area contributed by atoms with Crippen LogP contribution in [0, 0.1) is 0 Å². The number of aromatic nitrogens is 1. The van der Waals surface area contributed by atoms with Crippen LogP contribution in [0.5, 0.6) is 0 Å². The van der Waals surface area contributed by atoms with Crippen LogP contribution < -0.4 is 5.32 Å². The molecule has 0 saturated heterocycles. The lowest BCUT2D eigenvalue weighted by molar-refractivity contribution is 0.0947. The van der Waals surface area contributed by atoms with Gasteiger partial charge in [0.05, 0.1) is 5.38 Å². The zero-order valence-corrected chi connectivity index (χ0v) is 11.4. The van der Waals surface area contributed by atoms with Crippen molar-refractivity contribution in [1.29, 1.82) is 0 Å². The van der Waals surface area contributed by atoms with Gasteiger partial charge in [-0.05, 0) is 34.5 Å². The maximum absolute atomic E-state index is 11.7. The monoisotopic (exact) mass is 304 g/mol. The molecule has 1 heterocycles. The minimum Gasteiger partial charge on any atom is -0.349 e. The van der Waals surface area contributed by atoms with Crippen LogP contribution in [0.4, 0.5) is 0 Å². The second kappa shape index (κ2) is 6.86. The molecular formula is C11H14BrClN2O. The number of carbonyl (C=O) groups is 1. The zero-order chi connectivity index (χ0) is 12.0. The van der Waals surface area contributed by atoms with E-state index in [9.17, 15) is 4.79 Å². The summed E-state index contributed by atoms with van der Waals surface area (Å²) in [7, 11) is 0. The van der Waals surface area contributed by atoms with Crippen molar-refractivity contribution in [2.75, 3.05) is 6.54 Å². The van der Waals surface area contributed by atoms with Crippen LogP contribution in [0.3, 0.4) is 0 Å². The zero-order valence-electron chi connectivity index (χ0n) is 9.04. The number of nitrogens with zero attached hydrogens (tertiary/aromatic N) is 1. The summed E-state index contributed by atoms with van der Waals surface area (Å²) in [4.78, 5) is 15.7. The van der Waals surface area contributed by atoms with Crippen LogP contribution in [-0.2, 0) is 0 Å². The van der Waals surface area contributed by atoms with Gasteiger partial charge in [-0.2, -0.15) is 0 Å². The fourth-order valence-electron chi connectivity index (χ4n) is 1.26. The first-order chi connectivity index (χ1) is 7.65. The molecule has 3 nitrogen and oxygen atoms in total. The highest BCUT2D eigenvalue weighted by atomic mass is 79.9. The average Bonchev–Trinajstić information content (AvgIpc) is 2.27. The first kappa shape index (κ1) is 13.5. The van der Waals surface area contributed by atoms with Gasteiger partial charge < -0.3 is 5.32 Å². The van der Waals surface area contributed by atoms with E-state index in [0.717, 1.165) is 12.8 Å². The highest BCUT2D eigenvalue weighted by Crippen LogP contribution is 2.13. The number of rotatable bonds is 5. The summed E-state index contributed by atoms with van der Waals surface area (Å²) in [5.74, 6) is -0.200. The van der Waals surface area contributed by atoms with E-state index in [1.54, 1.807) is 18.3 Å². The highest BCUT2D eigenvalue weighted by molar-refractivity contribution is 9.10. The summed E-state index contributed by atoms with van der Waals surface area (Å²) in [6, 6.07) is 3.55. The smallest absolute Gasteiger partial charge is 0.271 e. The quantitative estimate of drug-likeness (QED) is 0.850. The molecule has 1 atom stereocenters. The number of hydrogen-bond donors (Lipinski definition) is 1. The molecule has 0 spiro atoms. The molecule has 1 rings (SSSR count). The Labute approximate surface area is 109 Å². The van der Waals surface area contributed by atoms with Crippen molar-refractivity contribution in [1.82, 2.24) is 10.3 Å². The molecule has 1 amide bonds. The van der Waals surface area contributed by atoms with Gasteiger partial charge in [-0.15, -0.1) is 11.6 Å². The molecule has 0 aliphatic heterocycles. The second-order valence-corrected chi connectivity index (χ2v) is 4.90. The van der Waals surface area contributed by atoms with E-state index < -0.39 is 0 Å². The summed E-state index contributed by atoms with van der Waals surface area (Å²) >= 11 is 9.28. The van der Waals surface area contributed by atoms with Crippen LogP contribution in [0.2, 0.25) is 0 Å². The summed E-state index contributed by atoms with van der Waals surface area (Å²) in [5.41, 5.74) is 0.392. The van der Waals surface area contributed by atoms with Gasteiger partial charge in [-0.1, -0.05) is 13.3 Å². The van der Waals surface area contributed by atoms with E-state index in [-0.39, 0.29) is 11.3 Å². The Balaban J connectivity index is 2.50. The van der Waals surface area contributed by atoms with Gasteiger partial charge in [0.2, 0.25) is 0 Å². The Morgan fingerprint density at radius 3 is 3.06 bits per heavy atom. The minimum absolute atomic E-state index is 0.0172. The highest BCUT2D eigenvalue weighted by Gasteiger charge is 2.12. The van der Waals surface area contributed by atoms with E-state index in [1.807, 2.05) is 0 Å². The van der Waals surface area contributed by atoms with E-state index in [4.69, 9.17) is 11.6 Å². The lowest BCUT2D eigenvalue weighted by atomic mass is 10.2. The number of halogens is 2. The van der Waals surface area contributed by atoms with E-state index in [1.165, 1.54) is 0 Å². The lowest BCUT2D eigenvalue weighted by Crippen LogP contribution is -2.30. The van der Waals surface area contributed by atoms with Crippen LogP contribution >= 0.6 is 27.5 Å². The molecule has 1 unspecified atom stereocenters. The van der Waals surface area contributed by atoms with Crippen molar-refractivity contribution >= 4 is 33.4 Å². The Bertz CT molecular complexity index is 360. The van der Waals surface area contributed by atoms with Crippen molar-refractivity contribution in [3.8, 4) is 0 Å². The van der Waals surface area contributed by atoms with Gasteiger partial charge in [0.25, 0.3) is 5.91 Å². The molecule has 1 aromatic heterocycles. The lowest BCUT2D eigenvalue weighted by Gasteiger charge is -2.09. The number of carbonyl (C=O) groups excluding carboxylic acids is 1. The number of hydrogen-bond acceptors (Lipinski definition) is 2.